The molecule has 0 amide bonds. The number of hydrogen-bond donors (Lipinski definition) is 1. The molecule has 0 aromatic heterocycles. The van der Waals surface area contributed by atoms with Crippen LogP contribution < -0.4 is 0 Å². The summed E-state index contributed by atoms with van der Waals surface area (Å²) in [5.41, 5.74) is 0. The number of hydrogen-bond acceptors (Lipinski definition) is 1. The highest BCUT2D eigenvalue weighted by Gasteiger charge is 2.27. The van der Waals surface area contributed by atoms with E-state index in [1.165, 1.54) is 6.42 Å². The van der Waals surface area contributed by atoms with Crippen LogP contribution in [0.25, 0.3) is 0 Å². The van der Waals surface area contributed by atoms with E-state index in [2.05, 4.69) is 31.9 Å². The molecule has 0 saturated heterocycles. The van der Waals surface area contributed by atoms with Gasteiger partial charge in [-0.05, 0) is 12.8 Å². The SMILES string of the molecule is OC1C(Br)CCCC1Br. The fraction of sp³-hybridized carbons (Fsp3) is 1.00. The zero-order valence-corrected chi connectivity index (χ0v) is 8.23. The second-order valence-electron chi connectivity index (χ2n) is 2.45. The van der Waals surface area contributed by atoms with Crippen molar-refractivity contribution in [1.82, 2.24) is 0 Å². The molecule has 0 heterocycles. The normalized spacial score (nSPS) is 45.0. The minimum atomic E-state index is -0.196. The molecule has 1 rings (SSSR count). The largest absolute Gasteiger partial charge is 0.391 e. The van der Waals surface area contributed by atoms with Gasteiger partial charge in [0.2, 0.25) is 0 Å². The van der Waals surface area contributed by atoms with E-state index in [0.29, 0.717) is 9.65 Å². The zero-order chi connectivity index (χ0) is 6.85. The van der Waals surface area contributed by atoms with Gasteiger partial charge in [0.1, 0.15) is 0 Å². The number of aliphatic hydroxyl groups excluding tert-OH is 1. The highest BCUT2D eigenvalue weighted by Crippen LogP contribution is 2.29. The maximum Gasteiger partial charge on any atom is 0.0789 e. The summed E-state index contributed by atoms with van der Waals surface area (Å²) in [7, 11) is 0. The maximum absolute atomic E-state index is 9.35. The molecule has 1 aliphatic rings. The Labute approximate surface area is 72.1 Å². The van der Waals surface area contributed by atoms with Crippen molar-refractivity contribution in [2.75, 3.05) is 0 Å². The number of halogens is 2. The van der Waals surface area contributed by atoms with E-state index in [9.17, 15) is 5.11 Å². The molecule has 54 valence electrons. The average molecular weight is 258 g/mol. The van der Waals surface area contributed by atoms with Crippen LogP contribution in [0.2, 0.25) is 0 Å². The summed E-state index contributed by atoms with van der Waals surface area (Å²) in [6.45, 7) is 0. The molecular formula is C6H10Br2O. The highest BCUT2D eigenvalue weighted by molar-refractivity contribution is 9.10. The summed E-state index contributed by atoms with van der Waals surface area (Å²) < 4.78 is 0. The lowest BCUT2D eigenvalue weighted by Crippen LogP contribution is -2.33. The van der Waals surface area contributed by atoms with Crippen LogP contribution in [0.15, 0.2) is 0 Å². The van der Waals surface area contributed by atoms with Crippen LogP contribution >= 0.6 is 31.9 Å². The van der Waals surface area contributed by atoms with E-state index in [1.54, 1.807) is 0 Å². The van der Waals surface area contributed by atoms with Gasteiger partial charge in [-0.1, -0.05) is 38.3 Å². The lowest BCUT2D eigenvalue weighted by atomic mass is 9.98. The third-order valence-corrected chi connectivity index (χ3v) is 3.70. The van der Waals surface area contributed by atoms with Crippen LogP contribution in [-0.4, -0.2) is 20.9 Å². The van der Waals surface area contributed by atoms with Crippen LogP contribution in [0.5, 0.6) is 0 Å². The van der Waals surface area contributed by atoms with Crippen LogP contribution in [0.4, 0.5) is 0 Å². The van der Waals surface area contributed by atoms with Gasteiger partial charge < -0.3 is 5.11 Å². The molecular weight excluding hydrogens is 248 g/mol. The number of rotatable bonds is 0. The molecule has 1 saturated carbocycles. The minimum Gasteiger partial charge on any atom is -0.391 e. The summed E-state index contributed by atoms with van der Waals surface area (Å²) >= 11 is 6.83. The molecule has 2 unspecified atom stereocenters. The van der Waals surface area contributed by atoms with E-state index in [-0.39, 0.29) is 6.10 Å². The lowest BCUT2D eigenvalue weighted by Gasteiger charge is -2.27. The molecule has 2 atom stereocenters. The molecule has 1 fully saturated rings. The molecule has 0 aromatic rings. The van der Waals surface area contributed by atoms with Crippen molar-refractivity contribution in [3.05, 3.63) is 0 Å². The molecule has 1 nitrogen and oxygen atoms in total. The molecule has 9 heavy (non-hydrogen) atoms. The molecule has 1 aliphatic carbocycles. The average Bonchev–Trinajstić information content (AvgIpc) is 1.83. The fourth-order valence-corrected chi connectivity index (χ4v) is 2.87. The summed E-state index contributed by atoms with van der Waals surface area (Å²) in [6.07, 6.45) is 3.22. The molecule has 0 radical (unpaired) electrons. The first-order chi connectivity index (χ1) is 4.22. The Balaban J connectivity index is 2.41. The van der Waals surface area contributed by atoms with Crippen molar-refractivity contribution in [3.63, 3.8) is 0 Å². The van der Waals surface area contributed by atoms with Crippen molar-refractivity contribution in [1.29, 1.82) is 0 Å². The van der Waals surface area contributed by atoms with Crippen molar-refractivity contribution in [2.24, 2.45) is 0 Å². The highest BCUT2D eigenvalue weighted by atomic mass is 79.9. The maximum atomic E-state index is 9.35. The van der Waals surface area contributed by atoms with Crippen LogP contribution in [0.1, 0.15) is 19.3 Å². The number of aliphatic hydroxyl groups is 1. The van der Waals surface area contributed by atoms with Gasteiger partial charge in [0.25, 0.3) is 0 Å². The zero-order valence-electron chi connectivity index (χ0n) is 5.06. The summed E-state index contributed by atoms with van der Waals surface area (Å²) in [6, 6.07) is 0. The molecule has 0 bridgehead atoms. The first-order valence-corrected chi connectivity index (χ1v) is 5.01. The van der Waals surface area contributed by atoms with E-state index in [0.717, 1.165) is 12.8 Å². The third-order valence-electron chi connectivity index (χ3n) is 1.70. The van der Waals surface area contributed by atoms with E-state index >= 15 is 0 Å². The monoisotopic (exact) mass is 256 g/mol. The second-order valence-corrected chi connectivity index (χ2v) is 4.81. The van der Waals surface area contributed by atoms with Crippen LogP contribution in [0, 0.1) is 0 Å². The standard InChI is InChI=1S/C6H10Br2O/c7-4-2-1-3-5(8)6(4)9/h4-6,9H,1-3H2. The fourth-order valence-electron chi connectivity index (χ4n) is 1.08. The quantitative estimate of drug-likeness (QED) is 0.659. The van der Waals surface area contributed by atoms with Gasteiger partial charge in [0, 0.05) is 9.65 Å². The van der Waals surface area contributed by atoms with Gasteiger partial charge >= 0.3 is 0 Å². The van der Waals surface area contributed by atoms with Crippen molar-refractivity contribution in [2.45, 2.75) is 35.0 Å². The Morgan fingerprint density at radius 3 is 1.89 bits per heavy atom. The first-order valence-electron chi connectivity index (χ1n) is 3.18. The Kier molecular flexibility index (Phi) is 2.99. The summed E-state index contributed by atoms with van der Waals surface area (Å²) in [5.74, 6) is 0. The van der Waals surface area contributed by atoms with Gasteiger partial charge in [0.05, 0.1) is 6.10 Å². The molecule has 1 N–H and O–H groups in total. The molecule has 3 heteroatoms. The Morgan fingerprint density at radius 2 is 1.56 bits per heavy atom. The first kappa shape index (κ1) is 8.02. The van der Waals surface area contributed by atoms with Gasteiger partial charge in [-0.3, -0.25) is 0 Å². The smallest absolute Gasteiger partial charge is 0.0789 e. The second kappa shape index (κ2) is 3.35. The van der Waals surface area contributed by atoms with Gasteiger partial charge in [-0.25, -0.2) is 0 Å². The Morgan fingerprint density at radius 1 is 1.11 bits per heavy atom. The summed E-state index contributed by atoms with van der Waals surface area (Å²) in [5, 5.41) is 9.35. The van der Waals surface area contributed by atoms with E-state index < -0.39 is 0 Å². The Bertz CT molecular complexity index is 87.1. The van der Waals surface area contributed by atoms with Crippen molar-refractivity contribution in [3.8, 4) is 0 Å². The summed E-state index contributed by atoms with van der Waals surface area (Å²) in [4.78, 5) is 0.603. The van der Waals surface area contributed by atoms with Gasteiger partial charge in [-0.15, -0.1) is 0 Å². The minimum absolute atomic E-state index is 0.196. The predicted molar refractivity (Wildman–Crippen MR) is 45.3 cm³/mol. The Hall–Kier alpha value is 0.920. The molecule has 0 aliphatic heterocycles. The third kappa shape index (κ3) is 1.92. The molecule has 0 spiro atoms. The van der Waals surface area contributed by atoms with Crippen LogP contribution in [0.3, 0.4) is 0 Å². The topological polar surface area (TPSA) is 20.2 Å². The van der Waals surface area contributed by atoms with Crippen molar-refractivity contribution < 1.29 is 5.11 Å². The van der Waals surface area contributed by atoms with E-state index in [4.69, 9.17) is 0 Å². The van der Waals surface area contributed by atoms with Gasteiger partial charge in [0.15, 0.2) is 0 Å². The van der Waals surface area contributed by atoms with Crippen LogP contribution in [-0.2, 0) is 0 Å². The van der Waals surface area contributed by atoms with Gasteiger partial charge in [-0.2, -0.15) is 0 Å². The predicted octanol–water partition coefficient (Wildman–Crippen LogP) is 2.06. The lowest BCUT2D eigenvalue weighted by molar-refractivity contribution is 0.148. The number of alkyl halides is 2. The molecule has 0 aromatic carbocycles. The van der Waals surface area contributed by atoms with E-state index in [1.807, 2.05) is 0 Å². The van der Waals surface area contributed by atoms with Crippen molar-refractivity contribution >= 4 is 31.9 Å².